The van der Waals surface area contributed by atoms with Gasteiger partial charge >= 0.3 is 0 Å². The molecule has 0 saturated carbocycles. The van der Waals surface area contributed by atoms with Crippen LogP contribution < -0.4 is 10.1 Å². The number of ether oxygens (including phenoxy) is 1. The summed E-state index contributed by atoms with van der Waals surface area (Å²) in [4.78, 5) is 27.9. The van der Waals surface area contributed by atoms with Gasteiger partial charge in [0, 0.05) is 20.0 Å². The Kier molecular flexibility index (Phi) is 9.07. The van der Waals surface area contributed by atoms with Crippen LogP contribution in [0.4, 0.5) is 0 Å². The highest BCUT2D eigenvalue weighted by molar-refractivity contribution is 9.10. The summed E-state index contributed by atoms with van der Waals surface area (Å²) in [5.74, 6) is 0.131. The summed E-state index contributed by atoms with van der Waals surface area (Å²) in [6, 6.07) is 24.6. The molecule has 0 aromatic heterocycles. The number of likely N-dealkylation sites (N-methyl/N-ethyl adjacent to an activating group) is 1. The molecular weight excluding hydrogens is 480 g/mol. The van der Waals surface area contributed by atoms with Gasteiger partial charge in [0.25, 0.3) is 5.91 Å². The summed E-state index contributed by atoms with van der Waals surface area (Å²) >= 11 is 3.52. The van der Waals surface area contributed by atoms with E-state index in [0.29, 0.717) is 18.7 Å². The Hall–Kier alpha value is -3.12. The minimum Gasteiger partial charge on any atom is -0.483 e. The second-order valence-electron chi connectivity index (χ2n) is 7.73. The van der Waals surface area contributed by atoms with Gasteiger partial charge in [-0.2, -0.15) is 0 Å². The average molecular weight is 509 g/mol. The number of aryl methyl sites for hydroxylation is 1. The zero-order chi connectivity index (χ0) is 23.6. The van der Waals surface area contributed by atoms with Crippen LogP contribution in [0.15, 0.2) is 83.3 Å². The predicted octanol–water partition coefficient (Wildman–Crippen LogP) is 4.78. The van der Waals surface area contributed by atoms with Gasteiger partial charge in [-0.25, -0.2) is 0 Å². The summed E-state index contributed by atoms with van der Waals surface area (Å²) in [5.41, 5.74) is 3.10. The second-order valence-corrected chi connectivity index (χ2v) is 8.59. The van der Waals surface area contributed by atoms with Crippen LogP contribution in [-0.2, 0) is 29.0 Å². The second kappa shape index (κ2) is 12.2. The Bertz CT molecular complexity index is 1060. The molecule has 0 heterocycles. The number of amides is 2. The van der Waals surface area contributed by atoms with Gasteiger partial charge in [-0.3, -0.25) is 9.59 Å². The van der Waals surface area contributed by atoms with Crippen molar-refractivity contribution in [3.05, 3.63) is 100 Å². The van der Waals surface area contributed by atoms with E-state index in [-0.39, 0.29) is 18.4 Å². The molecule has 0 unspecified atom stereocenters. The third-order valence-electron chi connectivity index (χ3n) is 5.47. The van der Waals surface area contributed by atoms with Crippen LogP contribution in [0, 0.1) is 0 Å². The summed E-state index contributed by atoms with van der Waals surface area (Å²) in [6.45, 7) is 2.22. The highest BCUT2D eigenvalue weighted by Gasteiger charge is 2.30. The fourth-order valence-corrected chi connectivity index (χ4v) is 4.15. The summed E-state index contributed by atoms with van der Waals surface area (Å²) in [7, 11) is 1.59. The molecule has 0 aliphatic heterocycles. The summed E-state index contributed by atoms with van der Waals surface area (Å²) in [6.07, 6.45) is 1.32. The van der Waals surface area contributed by atoms with Crippen LogP contribution in [0.2, 0.25) is 0 Å². The fraction of sp³-hybridized carbons (Fsp3) is 0.259. The zero-order valence-electron chi connectivity index (χ0n) is 19.0. The zero-order valence-corrected chi connectivity index (χ0v) is 20.5. The Balaban J connectivity index is 1.85. The van der Waals surface area contributed by atoms with Gasteiger partial charge in [0.05, 0.1) is 4.47 Å². The maximum Gasteiger partial charge on any atom is 0.261 e. The highest BCUT2D eigenvalue weighted by Crippen LogP contribution is 2.26. The molecule has 33 heavy (non-hydrogen) atoms. The van der Waals surface area contributed by atoms with Gasteiger partial charge in [0.1, 0.15) is 11.8 Å². The van der Waals surface area contributed by atoms with Crippen LogP contribution >= 0.6 is 15.9 Å². The van der Waals surface area contributed by atoms with E-state index in [9.17, 15) is 9.59 Å². The molecule has 0 bridgehead atoms. The summed E-state index contributed by atoms with van der Waals surface area (Å²) < 4.78 is 6.66. The van der Waals surface area contributed by atoms with Crippen molar-refractivity contribution in [3.8, 4) is 5.75 Å². The number of nitrogens with zero attached hydrogens (tertiary/aromatic N) is 1. The van der Waals surface area contributed by atoms with Crippen molar-refractivity contribution in [2.75, 3.05) is 13.7 Å². The van der Waals surface area contributed by atoms with Gasteiger partial charge in [-0.05, 0) is 51.2 Å². The lowest BCUT2D eigenvalue weighted by atomic mass is 10.0. The van der Waals surface area contributed by atoms with Crippen molar-refractivity contribution in [2.24, 2.45) is 0 Å². The third-order valence-corrected chi connectivity index (χ3v) is 6.09. The average Bonchev–Trinajstić information content (AvgIpc) is 2.85. The number of halogens is 1. The van der Waals surface area contributed by atoms with E-state index in [0.717, 1.165) is 22.0 Å². The van der Waals surface area contributed by atoms with Crippen molar-refractivity contribution in [3.63, 3.8) is 0 Å². The van der Waals surface area contributed by atoms with Crippen molar-refractivity contribution >= 4 is 27.7 Å². The number of rotatable bonds is 10. The standard InChI is InChI=1S/C27H29BrN2O3/c1-3-20-14-15-25(23(28)16-20)33-19-26(31)30(18-22-12-8-5-9-13-22)24(27(32)29-2)17-21-10-6-4-7-11-21/h4-16,24H,3,17-19H2,1-2H3,(H,29,32)/t24-/m0/s1. The molecule has 3 aromatic carbocycles. The molecule has 172 valence electrons. The van der Waals surface area contributed by atoms with E-state index in [2.05, 4.69) is 28.2 Å². The molecule has 0 spiro atoms. The van der Waals surface area contributed by atoms with Gasteiger partial charge < -0.3 is 15.0 Å². The van der Waals surface area contributed by atoms with Crippen LogP contribution in [0.5, 0.6) is 5.75 Å². The van der Waals surface area contributed by atoms with Gasteiger partial charge in [0.15, 0.2) is 6.61 Å². The number of benzene rings is 3. The minimum atomic E-state index is -0.667. The van der Waals surface area contributed by atoms with Crippen LogP contribution in [0.1, 0.15) is 23.6 Å². The first-order valence-corrected chi connectivity index (χ1v) is 11.8. The summed E-state index contributed by atoms with van der Waals surface area (Å²) in [5, 5.41) is 2.72. The quantitative estimate of drug-likeness (QED) is 0.428. The molecule has 3 aromatic rings. The lowest BCUT2D eigenvalue weighted by molar-refractivity contribution is -0.142. The Morgan fingerprint density at radius 2 is 1.58 bits per heavy atom. The lowest BCUT2D eigenvalue weighted by Gasteiger charge is -2.31. The molecule has 0 radical (unpaired) electrons. The molecule has 6 heteroatoms. The van der Waals surface area contributed by atoms with E-state index in [1.54, 1.807) is 11.9 Å². The fourth-order valence-electron chi connectivity index (χ4n) is 3.60. The van der Waals surface area contributed by atoms with Gasteiger partial charge in [0.2, 0.25) is 5.91 Å². The lowest BCUT2D eigenvalue weighted by Crippen LogP contribution is -2.51. The molecule has 3 rings (SSSR count). The number of carbonyl (C=O) groups is 2. The van der Waals surface area contributed by atoms with Gasteiger partial charge in [-0.1, -0.05) is 73.7 Å². The molecule has 1 N–H and O–H groups in total. The van der Waals surface area contributed by atoms with E-state index >= 15 is 0 Å². The molecule has 0 aliphatic carbocycles. The number of hydrogen-bond donors (Lipinski definition) is 1. The third kappa shape index (κ3) is 6.93. The molecule has 0 fully saturated rings. The molecule has 5 nitrogen and oxygen atoms in total. The smallest absolute Gasteiger partial charge is 0.261 e. The maximum absolute atomic E-state index is 13.4. The predicted molar refractivity (Wildman–Crippen MR) is 134 cm³/mol. The number of hydrogen-bond acceptors (Lipinski definition) is 3. The van der Waals surface area contributed by atoms with Crippen LogP contribution in [0.25, 0.3) is 0 Å². The highest BCUT2D eigenvalue weighted by atomic mass is 79.9. The minimum absolute atomic E-state index is 0.167. The maximum atomic E-state index is 13.4. The van der Waals surface area contributed by atoms with Crippen LogP contribution in [0.3, 0.4) is 0 Å². The van der Waals surface area contributed by atoms with Crippen molar-refractivity contribution < 1.29 is 14.3 Å². The number of nitrogens with one attached hydrogen (secondary N) is 1. The van der Waals surface area contributed by atoms with Crippen LogP contribution in [-0.4, -0.2) is 36.4 Å². The molecule has 0 aliphatic rings. The molecular formula is C27H29BrN2O3. The van der Waals surface area contributed by atoms with Crippen molar-refractivity contribution in [2.45, 2.75) is 32.4 Å². The van der Waals surface area contributed by atoms with E-state index < -0.39 is 6.04 Å². The molecule has 2 amide bonds. The van der Waals surface area contributed by atoms with Crippen molar-refractivity contribution in [1.29, 1.82) is 0 Å². The first-order valence-electron chi connectivity index (χ1n) is 11.0. The van der Waals surface area contributed by atoms with Gasteiger partial charge in [-0.15, -0.1) is 0 Å². The number of carbonyl (C=O) groups excluding carboxylic acids is 2. The SMILES string of the molecule is CCc1ccc(OCC(=O)N(Cc2ccccc2)[C@@H](Cc2ccccc2)C(=O)NC)c(Br)c1. The molecule has 1 atom stereocenters. The van der Waals surface area contributed by atoms with E-state index in [1.807, 2.05) is 78.9 Å². The Labute approximate surface area is 203 Å². The largest absolute Gasteiger partial charge is 0.483 e. The topological polar surface area (TPSA) is 58.6 Å². The Morgan fingerprint density at radius 3 is 2.15 bits per heavy atom. The Morgan fingerprint density at radius 1 is 0.939 bits per heavy atom. The first-order chi connectivity index (χ1) is 16.0. The normalized spacial score (nSPS) is 11.5. The van der Waals surface area contributed by atoms with E-state index in [4.69, 9.17) is 4.74 Å². The molecule has 0 saturated heterocycles. The van der Waals surface area contributed by atoms with Crippen molar-refractivity contribution in [1.82, 2.24) is 10.2 Å². The first kappa shape index (κ1) is 24.5. The van der Waals surface area contributed by atoms with E-state index in [1.165, 1.54) is 5.56 Å². The monoisotopic (exact) mass is 508 g/mol.